The van der Waals surface area contributed by atoms with Gasteiger partial charge in [0.25, 0.3) is 5.91 Å². The Morgan fingerprint density at radius 3 is 2.08 bits per heavy atom. The van der Waals surface area contributed by atoms with E-state index in [0.29, 0.717) is 22.6 Å². The molecule has 36 heavy (non-hydrogen) atoms. The van der Waals surface area contributed by atoms with Crippen LogP contribution in [-0.2, 0) is 22.6 Å². The number of rotatable bonds is 9. The lowest BCUT2D eigenvalue weighted by molar-refractivity contribution is -0.139. The monoisotopic (exact) mass is 482 g/mol. The second kappa shape index (κ2) is 11.8. The molecular formula is C30H27FN2O3. The summed E-state index contributed by atoms with van der Waals surface area (Å²) in [6.07, 6.45) is 0.0778. The van der Waals surface area contributed by atoms with Gasteiger partial charge in [0, 0.05) is 17.8 Å². The Bertz CT molecular complexity index is 1290. The molecule has 0 radical (unpaired) electrons. The average molecular weight is 483 g/mol. The Balaban J connectivity index is 1.72. The number of benzene rings is 4. The van der Waals surface area contributed by atoms with Crippen molar-refractivity contribution in [1.29, 1.82) is 0 Å². The summed E-state index contributed by atoms with van der Waals surface area (Å²) in [4.78, 5) is 28.8. The molecule has 1 atom stereocenters. The molecule has 1 N–H and O–H groups in total. The molecule has 0 spiro atoms. The summed E-state index contributed by atoms with van der Waals surface area (Å²) in [6.45, 7) is -0.0616. The first-order valence-corrected chi connectivity index (χ1v) is 11.6. The molecule has 1 unspecified atom stereocenters. The molecule has 5 nitrogen and oxygen atoms in total. The molecule has 4 rings (SSSR count). The molecule has 0 heterocycles. The third-order valence-corrected chi connectivity index (χ3v) is 5.85. The molecule has 4 aromatic carbocycles. The van der Waals surface area contributed by atoms with Crippen LogP contribution in [0.2, 0.25) is 0 Å². The van der Waals surface area contributed by atoms with Crippen molar-refractivity contribution >= 4 is 17.5 Å². The van der Waals surface area contributed by atoms with Gasteiger partial charge in [-0.2, -0.15) is 0 Å². The largest absolute Gasteiger partial charge is 0.497 e. The van der Waals surface area contributed by atoms with E-state index < -0.39 is 17.8 Å². The van der Waals surface area contributed by atoms with Gasteiger partial charge >= 0.3 is 0 Å². The highest BCUT2D eigenvalue weighted by Crippen LogP contribution is 2.27. The fraction of sp³-hybridized carbons (Fsp3) is 0.133. The van der Waals surface area contributed by atoms with E-state index in [1.54, 1.807) is 61.7 Å². The zero-order chi connectivity index (χ0) is 25.3. The summed E-state index contributed by atoms with van der Waals surface area (Å²) in [5.41, 5.74) is 2.32. The second-order valence-corrected chi connectivity index (χ2v) is 8.31. The van der Waals surface area contributed by atoms with Crippen LogP contribution in [0.3, 0.4) is 0 Å². The molecule has 0 saturated carbocycles. The quantitative estimate of drug-likeness (QED) is 0.329. The van der Waals surface area contributed by atoms with Crippen LogP contribution in [0.15, 0.2) is 109 Å². The Kier molecular flexibility index (Phi) is 8.08. The number of nitrogens with zero attached hydrogens (tertiary/aromatic N) is 1. The van der Waals surface area contributed by atoms with Crippen LogP contribution < -0.4 is 10.1 Å². The van der Waals surface area contributed by atoms with Crippen LogP contribution in [0, 0.1) is 5.82 Å². The van der Waals surface area contributed by atoms with Crippen molar-refractivity contribution in [3.05, 3.63) is 132 Å². The summed E-state index contributed by atoms with van der Waals surface area (Å²) in [7, 11) is 1.57. The minimum absolute atomic E-state index is 0.0616. The van der Waals surface area contributed by atoms with Gasteiger partial charge in [-0.3, -0.25) is 9.59 Å². The number of amides is 2. The van der Waals surface area contributed by atoms with Gasteiger partial charge in [0.1, 0.15) is 17.6 Å². The van der Waals surface area contributed by atoms with Gasteiger partial charge in [0.2, 0.25) is 5.91 Å². The molecule has 2 amide bonds. The zero-order valence-corrected chi connectivity index (χ0v) is 19.9. The van der Waals surface area contributed by atoms with Crippen LogP contribution in [0.25, 0.3) is 0 Å². The van der Waals surface area contributed by atoms with E-state index in [2.05, 4.69) is 5.32 Å². The fourth-order valence-electron chi connectivity index (χ4n) is 4.00. The van der Waals surface area contributed by atoms with Crippen molar-refractivity contribution in [2.45, 2.75) is 19.0 Å². The molecule has 0 aromatic heterocycles. The van der Waals surface area contributed by atoms with E-state index in [0.717, 1.165) is 5.56 Å². The van der Waals surface area contributed by atoms with E-state index in [1.165, 1.54) is 11.0 Å². The predicted molar refractivity (Wildman–Crippen MR) is 138 cm³/mol. The van der Waals surface area contributed by atoms with E-state index >= 15 is 0 Å². The minimum atomic E-state index is -0.982. The summed E-state index contributed by atoms with van der Waals surface area (Å²) in [6, 6.07) is 30.6. The van der Waals surface area contributed by atoms with E-state index in [9.17, 15) is 14.0 Å². The summed E-state index contributed by atoms with van der Waals surface area (Å²) in [5.74, 6) is -0.462. The van der Waals surface area contributed by atoms with Crippen molar-refractivity contribution < 1.29 is 18.7 Å². The molecule has 0 bridgehead atoms. The summed E-state index contributed by atoms with van der Waals surface area (Å²) in [5, 5.41) is 2.91. The first-order valence-electron chi connectivity index (χ1n) is 11.6. The van der Waals surface area contributed by atoms with E-state index in [1.807, 2.05) is 48.5 Å². The third kappa shape index (κ3) is 6.16. The van der Waals surface area contributed by atoms with Gasteiger partial charge in [-0.05, 0) is 41.5 Å². The predicted octanol–water partition coefficient (Wildman–Crippen LogP) is 5.79. The molecular weight excluding hydrogens is 455 g/mol. The normalized spacial score (nSPS) is 11.4. The van der Waals surface area contributed by atoms with Gasteiger partial charge in [-0.1, -0.05) is 78.9 Å². The molecule has 0 fully saturated rings. The van der Waals surface area contributed by atoms with Gasteiger partial charge in [-0.25, -0.2) is 4.39 Å². The number of hydrogen-bond donors (Lipinski definition) is 1. The van der Waals surface area contributed by atoms with Crippen molar-refractivity contribution in [3.8, 4) is 5.75 Å². The lowest BCUT2D eigenvalue weighted by atomic mass is 10.0. The maximum Gasteiger partial charge on any atom is 0.251 e. The van der Waals surface area contributed by atoms with Gasteiger partial charge in [-0.15, -0.1) is 0 Å². The number of anilines is 1. The maximum absolute atomic E-state index is 14.7. The number of hydrogen-bond acceptors (Lipinski definition) is 3. The van der Waals surface area contributed by atoms with Crippen molar-refractivity contribution in [2.24, 2.45) is 0 Å². The highest BCUT2D eigenvalue weighted by atomic mass is 19.1. The number of nitrogens with one attached hydrogen (secondary N) is 1. The minimum Gasteiger partial charge on any atom is -0.497 e. The maximum atomic E-state index is 14.7. The third-order valence-electron chi connectivity index (χ3n) is 5.85. The summed E-state index contributed by atoms with van der Waals surface area (Å²) >= 11 is 0. The fourth-order valence-corrected chi connectivity index (χ4v) is 4.00. The molecule has 182 valence electrons. The number of ether oxygens (including phenoxy) is 1. The SMILES string of the molecule is COc1ccc(NC(=O)C(c2ccccc2)N(Cc2ccccc2F)C(=O)Cc2ccccc2)cc1. The van der Waals surface area contributed by atoms with Crippen molar-refractivity contribution in [1.82, 2.24) is 4.90 Å². The molecule has 0 saturated heterocycles. The zero-order valence-electron chi connectivity index (χ0n) is 19.9. The van der Waals surface area contributed by atoms with Crippen molar-refractivity contribution in [3.63, 3.8) is 0 Å². The highest BCUT2D eigenvalue weighted by molar-refractivity contribution is 5.98. The first kappa shape index (κ1) is 24.7. The Labute approximate surface area is 210 Å². The number of carbonyl (C=O) groups is 2. The average Bonchev–Trinajstić information content (AvgIpc) is 2.91. The van der Waals surface area contributed by atoms with Gasteiger partial charge in [0.15, 0.2) is 0 Å². The van der Waals surface area contributed by atoms with Crippen LogP contribution in [0.1, 0.15) is 22.7 Å². The lowest BCUT2D eigenvalue weighted by Crippen LogP contribution is -2.41. The van der Waals surface area contributed by atoms with Crippen molar-refractivity contribution in [2.75, 3.05) is 12.4 Å². The van der Waals surface area contributed by atoms with Crippen LogP contribution in [0.4, 0.5) is 10.1 Å². The number of halogens is 1. The smallest absolute Gasteiger partial charge is 0.251 e. The number of methoxy groups -OCH3 is 1. The standard InChI is InChI=1S/C30H27FN2O3/c1-36-26-18-16-25(17-19-26)32-30(35)29(23-12-6-3-7-13-23)33(21-24-14-8-9-15-27(24)31)28(34)20-22-10-4-2-5-11-22/h2-19,29H,20-21H2,1H3,(H,32,35). The van der Waals surface area contributed by atoms with Crippen LogP contribution in [-0.4, -0.2) is 23.8 Å². The Hall–Kier alpha value is -4.45. The molecule has 0 aliphatic rings. The molecule has 4 aromatic rings. The topological polar surface area (TPSA) is 58.6 Å². The van der Waals surface area contributed by atoms with Gasteiger partial charge in [0.05, 0.1) is 13.5 Å². The lowest BCUT2D eigenvalue weighted by Gasteiger charge is -2.32. The van der Waals surface area contributed by atoms with E-state index in [4.69, 9.17) is 4.74 Å². The number of carbonyl (C=O) groups excluding carboxylic acids is 2. The van der Waals surface area contributed by atoms with Gasteiger partial charge < -0.3 is 15.0 Å². The van der Waals surface area contributed by atoms with Crippen LogP contribution >= 0.6 is 0 Å². The first-order chi connectivity index (χ1) is 17.5. The van der Waals surface area contributed by atoms with E-state index in [-0.39, 0.29) is 18.9 Å². The molecule has 0 aliphatic heterocycles. The Morgan fingerprint density at radius 1 is 0.833 bits per heavy atom. The molecule has 0 aliphatic carbocycles. The van der Waals surface area contributed by atoms with Crippen LogP contribution in [0.5, 0.6) is 5.75 Å². The highest BCUT2D eigenvalue weighted by Gasteiger charge is 2.32. The molecule has 6 heteroatoms. The second-order valence-electron chi connectivity index (χ2n) is 8.31. The summed E-state index contributed by atoms with van der Waals surface area (Å²) < 4.78 is 19.9. The Morgan fingerprint density at radius 2 is 1.44 bits per heavy atom.